The van der Waals surface area contributed by atoms with Crippen molar-refractivity contribution in [2.45, 2.75) is 30.5 Å². The molecule has 2 atom stereocenters. The van der Waals surface area contributed by atoms with Crippen molar-refractivity contribution in [3.05, 3.63) is 66.5 Å². The largest absolute Gasteiger partial charge is 0.454 e. The molecule has 2 aliphatic rings. The van der Waals surface area contributed by atoms with E-state index in [1.807, 2.05) is 48.5 Å². The van der Waals surface area contributed by atoms with Gasteiger partial charge in [0.15, 0.2) is 16.7 Å². The normalized spacial score (nSPS) is 18.8. The fourth-order valence-corrected chi connectivity index (χ4v) is 5.19. The molecule has 3 aromatic rings. The molecule has 0 bridgehead atoms. The first-order valence-corrected chi connectivity index (χ1v) is 12.5. The average Bonchev–Trinajstić information content (AvgIpc) is 3.37. The van der Waals surface area contributed by atoms with Gasteiger partial charge in [0.2, 0.25) is 12.7 Å². The maximum atomic E-state index is 13.1. The molecule has 2 unspecified atom stereocenters. The summed E-state index contributed by atoms with van der Waals surface area (Å²) in [6, 6.07) is 16.0. The van der Waals surface area contributed by atoms with E-state index in [9.17, 15) is 4.79 Å². The SMILES string of the molecule is CC(NC(=O)CSc1ncc(-c2ccccc2)cn1)(c1ccc2c(c1)OCO2)C1CCCNC1. The van der Waals surface area contributed by atoms with Crippen LogP contribution in [0.4, 0.5) is 0 Å². The maximum absolute atomic E-state index is 13.1. The van der Waals surface area contributed by atoms with Crippen LogP contribution in [0.15, 0.2) is 66.1 Å². The molecule has 0 saturated carbocycles. The molecule has 8 heteroatoms. The lowest BCUT2D eigenvalue weighted by molar-refractivity contribution is -0.121. The molecule has 1 fully saturated rings. The minimum absolute atomic E-state index is 0.0496. The first-order chi connectivity index (χ1) is 16.6. The smallest absolute Gasteiger partial charge is 0.231 e. The summed E-state index contributed by atoms with van der Waals surface area (Å²) < 4.78 is 11.1. The summed E-state index contributed by atoms with van der Waals surface area (Å²) in [5.41, 5.74) is 2.50. The monoisotopic (exact) mass is 476 g/mol. The van der Waals surface area contributed by atoms with Gasteiger partial charge < -0.3 is 20.1 Å². The number of rotatable bonds is 7. The quantitative estimate of drug-likeness (QED) is 0.394. The molecule has 1 saturated heterocycles. The van der Waals surface area contributed by atoms with E-state index in [0.29, 0.717) is 5.16 Å². The lowest BCUT2D eigenvalue weighted by atomic mass is 9.75. The minimum atomic E-state index is -0.538. The molecule has 0 radical (unpaired) electrons. The Morgan fingerprint density at radius 3 is 2.68 bits per heavy atom. The van der Waals surface area contributed by atoms with Crippen molar-refractivity contribution < 1.29 is 14.3 Å². The van der Waals surface area contributed by atoms with Crippen LogP contribution < -0.4 is 20.1 Å². The van der Waals surface area contributed by atoms with Crippen LogP contribution in [0.1, 0.15) is 25.3 Å². The molecule has 2 N–H and O–H groups in total. The van der Waals surface area contributed by atoms with Gasteiger partial charge in [-0.15, -0.1) is 0 Å². The zero-order valence-electron chi connectivity index (χ0n) is 19.1. The number of nitrogens with one attached hydrogen (secondary N) is 2. The summed E-state index contributed by atoms with van der Waals surface area (Å²) in [4.78, 5) is 22.0. The number of carbonyl (C=O) groups excluding carboxylic acids is 1. The van der Waals surface area contributed by atoms with Crippen molar-refractivity contribution in [3.63, 3.8) is 0 Å². The number of benzene rings is 2. The summed E-state index contributed by atoms with van der Waals surface area (Å²) in [5.74, 6) is 1.92. The summed E-state index contributed by atoms with van der Waals surface area (Å²) >= 11 is 1.34. The number of piperidine rings is 1. The minimum Gasteiger partial charge on any atom is -0.454 e. The molecule has 5 rings (SSSR count). The van der Waals surface area contributed by atoms with Gasteiger partial charge in [-0.25, -0.2) is 9.97 Å². The number of aromatic nitrogens is 2. The fraction of sp³-hybridized carbons (Fsp3) is 0.346. The molecule has 34 heavy (non-hydrogen) atoms. The highest BCUT2D eigenvalue weighted by molar-refractivity contribution is 7.99. The first kappa shape index (κ1) is 22.7. The van der Waals surface area contributed by atoms with Crippen molar-refractivity contribution in [2.75, 3.05) is 25.6 Å². The van der Waals surface area contributed by atoms with Gasteiger partial charge in [0.25, 0.3) is 0 Å². The summed E-state index contributed by atoms with van der Waals surface area (Å²) in [6.07, 6.45) is 5.71. The van der Waals surface area contributed by atoms with Crippen LogP contribution >= 0.6 is 11.8 Å². The van der Waals surface area contributed by atoms with E-state index in [0.717, 1.165) is 54.1 Å². The first-order valence-electron chi connectivity index (χ1n) is 11.5. The van der Waals surface area contributed by atoms with Gasteiger partial charge in [-0.1, -0.05) is 48.2 Å². The molecule has 176 valence electrons. The highest BCUT2D eigenvalue weighted by atomic mass is 32.2. The Morgan fingerprint density at radius 1 is 1.12 bits per heavy atom. The van der Waals surface area contributed by atoms with E-state index in [1.54, 1.807) is 12.4 Å². The standard InChI is InChI=1S/C26H28N4O3S/c1-26(21-8-5-11-27-15-21,20-9-10-22-23(12-20)33-17-32-22)30-24(31)16-34-25-28-13-19(14-29-25)18-6-3-2-4-7-18/h2-4,6-7,9-10,12-14,21,27H,5,8,11,15-17H2,1H3,(H,30,31). The van der Waals surface area contributed by atoms with Crippen LogP contribution in [-0.4, -0.2) is 41.5 Å². The van der Waals surface area contributed by atoms with Crippen molar-refractivity contribution in [3.8, 4) is 22.6 Å². The van der Waals surface area contributed by atoms with Gasteiger partial charge in [0, 0.05) is 24.5 Å². The van der Waals surface area contributed by atoms with Gasteiger partial charge in [-0.3, -0.25) is 4.79 Å². The van der Waals surface area contributed by atoms with Crippen LogP contribution in [0.5, 0.6) is 11.5 Å². The number of ether oxygens (including phenoxy) is 2. The Hall–Kier alpha value is -3.10. The maximum Gasteiger partial charge on any atom is 0.231 e. The van der Waals surface area contributed by atoms with Crippen molar-refractivity contribution >= 4 is 17.7 Å². The van der Waals surface area contributed by atoms with Crippen LogP contribution in [-0.2, 0) is 10.3 Å². The van der Waals surface area contributed by atoms with Crippen molar-refractivity contribution in [1.82, 2.24) is 20.6 Å². The van der Waals surface area contributed by atoms with Crippen LogP contribution in [0.2, 0.25) is 0 Å². The lowest BCUT2D eigenvalue weighted by Gasteiger charge is -2.41. The third-order valence-electron chi connectivity index (χ3n) is 6.55. The number of fused-ring (bicyclic) bond motifs is 1. The van der Waals surface area contributed by atoms with Crippen LogP contribution in [0.25, 0.3) is 11.1 Å². The molecule has 2 aliphatic heterocycles. The van der Waals surface area contributed by atoms with Gasteiger partial charge in [-0.05, 0) is 55.5 Å². The Balaban J connectivity index is 1.28. The number of carbonyl (C=O) groups is 1. The highest BCUT2D eigenvalue weighted by Crippen LogP contribution is 2.40. The molecule has 3 heterocycles. The van der Waals surface area contributed by atoms with Gasteiger partial charge in [0.1, 0.15) is 0 Å². The molecule has 0 aliphatic carbocycles. The van der Waals surface area contributed by atoms with E-state index >= 15 is 0 Å². The predicted octanol–water partition coefficient (Wildman–Crippen LogP) is 4.00. The molecule has 2 aromatic carbocycles. The Bertz CT molecular complexity index is 1140. The summed E-state index contributed by atoms with van der Waals surface area (Å²) in [7, 11) is 0. The van der Waals surface area contributed by atoms with E-state index in [2.05, 4.69) is 27.5 Å². The van der Waals surface area contributed by atoms with Crippen LogP contribution in [0.3, 0.4) is 0 Å². The third-order valence-corrected chi connectivity index (χ3v) is 7.43. The van der Waals surface area contributed by atoms with Gasteiger partial charge in [0.05, 0.1) is 11.3 Å². The molecular weight excluding hydrogens is 448 g/mol. The number of hydrogen-bond acceptors (Lipinski definition) is 7. The van der Waals surface area contributed by atoms with E-state index in [4.69, 9.17) is 9.47 Å². The number of thioether (sulfide) groups is 1. The Labute approximate surface area is 203 Å². The second-order valence-corrected chi connectivity index (χ2v) is 9.71. The topological polar surface area (TPSA) is 85.4 Å². The zero-order valence-corrected chi connectivity index (χ0v) is 19.9. The highest BCUT2D eigenvalue weighted by Gasteiger charge is 2.39. The summed E-state index contributed by atoms with van der Waals surface area (Å²) in [6.45, 7) is 4.19. The molecule has 1 amide bonds. The second-order valence-electron chi connectivity index (χ2n) is 8.77. The second kappa shape index (κ2) is 10.0. The van der Waals surface area contributed by atoms with E-state index < -0.39 is 5.54 Å². The Morgan fingerprint density at radius 2 is 1.91 bits per heavy atom. The van der Waals surface area contributed by atoms with Gasteiger partial charge >= 0.3 is 0 Å². The molecule has 0 spiro atoms. The van der Waals surface area contributed by atoms with Crippen molar-refractivity contribution in [2.24, 2.45) is 5.92 Å². The Kier molecular flexibility index (Phi) is 6.69. The number of amides is 1. The van der Waals surface area contributed by atoms with Crippen molar-refractivity contribution in [1.29, 1.82) is 0 Å². The van der Waals surface area contributed by atoms with E-state index in [1.165, 1.54) is 11.8 Å². The van der Waals surface area contributed by atoms with Crippen LogP contribution in [0, 0.1) is 5.92 Å². The number of hydrogen-bond donors (Lipinski definition) is 2. The average molecular weight is 477 g/mol. The molecule has 7 nitrogen and oxygen atoms in total. The molecular formula is C26H28N4O3S. The third kappa shape index (κ3) is 4.88. The number of nitrogens with zero attached hydrogens (tertiary/aromatic N) is 2. The summed E-state index contributed by atoms with van der Waals surface area (Å²) in [5, 5.41) is 7.39. The predicted molar refractivity (Wildman–Crippen MR) is 132 cm³/mol. The van der Waals surface area contributed by atoms with E-state index in [-0.39, 0.29) is 24.4 Å². The lowest BCUT2D eigenvalue weighted by Crippen LogP contribution is -2.53. The fourth-order valence-electron chi connectivity index (χ4n) is 4.60. The van der Waals surface area contributed by atoms with Gasteiger partial charge in [-0.2, -0.15) is 0 Å². The molecule has 1 aromatic heterocycles. The zero-order chi connectivity index (χ0) is 23.4.